The third-order valence-corrected chi connectivity index (χ3v) is 2.29. The molecule has 1 rings (SSSR count). The largest absolute Gasteiger partial charge is 0.480 e. The summed E-state index contributed by atoms with van der Waals surface area (Å²) in [7, 11) is 0. The molecule has 2 atom stereocenters. The maximum absolute atomic E-state index is 11.0. The highest BCUT2D eigenvalue weighted by molar-refractivity contribution is 5.72. The smallest absolute Gasteiger partial charge is 0.331 e. The molecule has 7 nitrogen and oxygen atoms in total. The zero-order chi connectivity index (χ0) is 12.1. The molecule has 1 heterocycles. The van der Waals surface area contributed by atoms with Crippen LogP contribution in [-0.4, -0.2) is 42.5 Å². The van der Waals surface area contributed by atoms with Crippen LogP contribution < -0.4 is 0 Å². The molecular formula is C9H16N4O3. The second-order valence-electron chi connectivity index (χ2n) is 3.67. The lowest BCUT2D eigenvalue weighted by Crippen LogP contribution is -2.31. The fraction of sp³-hybridized carbons (Fsp3) is 0.778. The van der Waals surface area contributed by atoms with Crippen molar-refractivity contribution in [3.63, 3.8) is 0 Å². The molecule has 0 aliphatic carbocycles. The third kappa shape index (κ3) is 2.75. The van der Waals surface area contributed by atoms with Crippen molar-refractivity contribution in [3.8, 4) is 0 Å². The maximum Gasteiger partial charge on any atom is 0.331 e. The molecular weight excluding hydrogens is 212 g/mol. The van der Waals surface area contributed by atoms with Crippen LogP contribution in [0.4, 0.5) is 0 Å². The Hall–Kier alpha value is -1.50. The van der Waals surface area contributed by atoms with Gasteiger partial charge in [-0.25, -0.2) is 9.48 Å². The van der Waals surface area contributed by atoms with E-state index in [1.807, 2.05) is 6.92 Å². The predicted molar refractivity (Wildman–Crippen MR) is 54.8 cm³/mol. The van der Waals surface area contributed by atoms with Gasteiger partial charge in [0.1, 0.15) is 0 Å². The molecule has 0 fully saturated rings. The Bertz CT molecular complexity index is 350. The quantitative estimate of drug-likeness (QED) is 0.712. The van der Waals surface area contributed by atoms with E-state index in [-0.39, 0.29) is 0 Å². The minimum atomic E-state index is -1.14. The van der Waals surface area contributed by atoms with Crippen molar-refractivity contribution in [3.05, 3.63) is 5.82 Å². The monoisotopic (exact) mass is 228 g/mol. The van der Waals surface area contributed by atoms with Crippen LogP contribution in [0.5, 0.6) is 0 Å². The first kappa shape index (κ1) is 12.6. The molecule has 90 valence electrons. The van der Waals surface area contributed by atoms with E-state index < -0.39 is 18.1 Å². The highest BCUT2D eigenvalue weighted by Crippen LogP contribution is 2.13. The minimum absolute atomic E-state index is 0.496. The number of aliphatic carboxylic acids is 1. The molecule has 2 unspecified atom stereocenters. The van der Waals surface area contributed by atoms with E-state index in [1.165, 1.54) is 11.6 Å². The standard InChI is InChI=1S/C9H16N4O3/c1-3-4-5-7-10-11-12-13(7)8(6(2)14)9(15)16/h6,8,14H,3-5H2,1-2H3,(H,15,16). The van der Waals surface area contributed by atoms with E-state index in [0.717, 1.165) is 12.8 Å². The summed E-state index contributed by atoms with van der Waals surface area (Å²) in [4.78, 5) is 11.0. The Labute approximate surface area is 93.1 Å². The SMILES string of the molecule is CCCCc1nnnn1C(C(=O)O)C(C)O. The Morgan fingerprint density at radius 2 is 2.25 bits per heavy atom. The second kappa shape index (κ2) is 5.55. The van der Waals surface area contributed by atoms with E-state index in [9.17, 15) is 9.90 Å². The molecule has 0 spiro atoms. The molecule has 0 aliphatic rings. The lowest BCUT2D eigenvalue weighted by molar-refractivity contribution is -0.144. The zero-order valence-electron chi connectivity index (χ0n) is 9.37. The van der Waals surface area contributed by atoms with E-state index in [4.69, 9.17) is 5.11 Å². The first-order valence-electron chi connectivity index (χ1n) is 5.25. The average molecular weight is 228 g/mol. The van der Waals surface area contributed by atoms with Gasteiger partial charge in [-0.1, -0.05) is 13.3 Å². The molecule has 1 aromatic rings. The van der Waals surface area contributed by atoms with Crippen molar-refractivity contribution in [1.82, 2.24) is 20.2 Å². The lowest BCUT2D eigenvalue weighted by Gasteiger charge is -2.16. The van der Waals surface area contributed by atoms with Crippen LogP contribution >= 0.6 is 0 Å². The number of hydrogen-bond acceptors (Lipinski definition) is 5. The first-order chi connectivity index (χ1) is 7.57. The summed E-state index contributed by atoms with van der Waals surface area (Å²) in [5.74, 6) is -0.643. The van der Waals surface area contributed by atoms with E-state index in [2.05, 4.69) is 15.5 Å². The summed E-state index contributed by atoms with van der Waals surface area (Å²) >= 11 is 0. The van der Waals surface area contributed by atoms with Crippen molar-refractivity contribution < 1.29 is 15.0 Å². The third-order valence-electron chi connectivity index (χ3n) is 2.29. The van der Waals surface area contributed by atoms with Crippen LogP contribution in [0.2, 0.25) is 0 Å². The van der Waals surface area contributed by atoms with Crippen LogP contribution in [0.15, 0.2) is 0 Å². The normalized spacial score (nSPS) is 14.7. The number of nitrogens with zero attached hydrogens (tertiary/aromatic N) is 4. The van der Waals surface area contributed by atoms with Gasteiger partial charge in [0.2, 0.25) is 0 Å². The molecule has 0 aliphatic heterocycles. The molecule has 0 saturated carbocycles. The van der Waals surface area contributed by atoms with Gasteiger partial charge in [-0.3, -0.25) is 0 Å². The number of aliphatic hydroxyl groups is 1. The molecule has 7 heteroatoms. The molecule has 2 N–H and O–H groups in total. The van der Waals surface area contributed by atoms with E-state index in [0.29, 0.717) is 12.2 Å². The number of rotatable bonds is 6. The number of carbonyl (C=O) groups is 1. The Morgan fingerprint density at radius 1 is 1.56 bits per heavy atom. The molecule has 1 aromatic heterocycles. The van der Waals surface area contributed by atoms with Gasteiger partial charge in [-0.15, -0.1) is 5.10 Å². The number of carboxylic acid groups (broad SMARTS) is 1. The van der Waals surface area contributed by atoms with E-state index in [1.54, 1.807) is 0 Å². The lowest BCUT2D eigenvalue weighted by atomic mass is 10.1. The molecule has 16 heavy (non-hydrogen) atoms. The van der Waals surface area contributed by atoms with Crippen LogP contribution in [0.1, 0.15) is 38.6 Å². The van der Waals surface area contributed by atoms with Gasteiger partial charge in [-0.05, 0) is 23.8 Å². The summed E-state index contributed by atoms with van der Waals surface area (Å²) in [5.41, 5.74) is 0. The van der Waals surface area contributed by atoms with Crippen LogP contribution in [0.25, 0.3) is 0 Å². The molecule has 0 saturated heterocycles. The van der Waals surface area contributed by atoms with Gasteiger partial charge in [0.15, 0.2) is 11.9 Å². The summed E-state index contributed by atoms with van der Waals surface area (Å²) in [6.45, 7) is 3.43. The van der Waals surface area contributed by atoms with Gasteiger partial charge in [0, 0.05) is 6.42 Å². The Balaban J connectivity index is 2.91. The summed E-state index contributed by atoms with van der Waals surface area (Å²) in [6.07, 6.45) is 1.42. The second-order valence-corrected chi connectivity index (χ2v) is 3.67. The first-order valence-corrected chi connectivity index (χ1v) is 5.25. The average Bonchev–Trinajstić information content (AvgIpc) is 2.62. The number of carboxylic acids is 1. The minimum Gasteiger partial charge on any atom is -0.480 e. The van der Waals surface area contributed by atoms with Crippen molar-refractivity contribution in [2.24, 2.45) is 0 Å². The number of tetrazole rings is 1. The zero-order valence-corrected chi connectivity index (χ0v) is 9.37. The highest BCUT2D eigenvalue weighted by Gasteiger charge is 2.28. The topological polar surface area (TPSA) is 101 Å². The van der Waals surface area contributed by atoms with E-state index >= 15 is 0 Å². The molecule has 0 bridgehead atoms. The number of hydrogen-bond donors (Lipinski definition) is 2. The number of aryl methyl sites for hydroxylation is 1. The van der Waals surface area contributed by atoms with Gasteiger partial charge in [-0.2, -0.15) is 0 Å². The van der Waals surface area contributed by atoms with Crippen molar-refractivity contribution in [2.75, 3.05) is 0 Å². The van der Waals surface area contributed by atoms with Crippen LogP contribution in [0, 0.1) is 0 Å². The van der Waals surface area contributed by atoms with Crippen LogP contribution in [0.3, 0.4) is 0 Å². The Morgan fingerprint density at radius 3 is 2.75 bits per heavy atom. The number of aromatic nitrogens is 4. The molecule has 0 aromatic carbocycles. The van der Waals surface area contributed by atoms with Gasteiger partial charge >= 0.3 is 5.97 Å². The number of unbranched alkanes of at least 4 members (excludes halogenated alkanes) is 1. The van der Waals surface area contributed by atoms with Gasteiger partial charge in [0.25, 0.3) is 0 Å². The highest BCUT2D eigenvalue weighted by atomic mass is 16.4. The van der Waals surface area contributed by atoms with Gasteiger partial charge < -0.3 is 10.2 Å². The van der Waals surface area contributed by atoms with Gasteiger partial charge in [0.05, 0.1) is 6.10 Å². The summed E-state index contributed by atoms with van der Waals surface area (Å²) in [5, 5.41) is 29.2. The predicted octanol–water partition coefficient (Wildman–Crippen LogP) is 0.0222. The maximum atomic E-state index is 11.0. The van der Waals surface area contributed by atoms with Crippen molar-refractivity contribution >= 4 is 5.97 Å². The molecule has 0 amide bonds. The summed E-state index contributed by atoms with van der Waals surface area (Å²) in [6, 6.07) is -1.12. The Kier molecular flexibility index (Phi) is 4.36. The summed E-state index contributed by atoms with van der Waals surface area (Å²) < 4.78 is 1.18. The molecule has 0 radical (unpaired) electrons. The van der Waals surface area contributed by atoms with Crippen LogP contribution in [-0.2, 0) is 11.2 Å². The fourth-order valence-corrected chi connectivity index (χ4v) is 1.44. The number of aliphatic hydroxyl groups excluding tert-OH is 1. The van der Waals surface area contributed by atoms with Crippen molar-refractivity contribution in [2.45, 2.75) is 45.3 Å². The fourth-order valence-electron chi connectivity index (χ4n) is 1.44. The van der Waals surface area contributed by atoms with Crippen molar-refractivity contribution in [1.29, 1.82) is 0 Å².